The highest BCUT2D eigenvalue weighted by Gasteiger charge is 2.34. The van der Waals surface area contributed by atoms with Crippen molar-refractivity contribution in [2.45, 2.75) is 25.6 Å². The summed E-state index contributed by atoms with van der Waals surface area (Å²) in [5, 5.41) is 2.72. The van der Waals surface area contributed by atoms with Gasteiger partial charge in [0, 0.05) is 0 Å². The van der Waals surface area contributed by atoms with Crippen LogP contribution in [-0.2, 0) is 17.4 Å². The molecule has 0 spiro atoms. The van der Waals surface area contributed by atoms with Crippen molar-refractivity contribution < 1.29 is 32.2 Å². The summed E-state index contributed by atoms with van der Waals surface area (Å²) in [6.45, 7) is 2.52. The van der Waals surface area contributed by atoms with E-state index in [0.29, 0.717) is 24.7 Å². The van der Waals surface area contributed by atoms with Gasteiger partial charge in [0.1, 0.15) is 25.6 Å². The number of alkyl halides is 3. The highest BCUT2D eigenvalue weighted by Crippen LogP contribution is 2.36. The number of carbonyl (C=O) groups is 1. The summed E-state index contributed by atoms with van der Waals surface area (Å²) in [7, 11) is 0. The molecule has 2 aromatic rings. The zero-order valence-electron chi connectivity index (χ0n) is 15.2. The number of hydrogen-bond donors (Lipinski definition) is 1. The second-order valence-electron chi connectivity index (χ2n) is 6.43. The molecule has 1 amide bonds. The van der Waals surface area contributed by atoms with E-state index in [0.717, 1.165) is 11.6 Å². The van der Waals surface area contributed by atoms with Crippen molar-refractivity contribution in [3.63, 3.8) is 0 Å². The minimum Gasteiger partial charge on any atom is -0.491 e. The average Bonchev–Trinajstić information content (AvgIpc) is 2.65. The maximum atomic E-state index is 13.0. The first kappa shape index (κ1) is 19.9. The van der Waals surface area contributed by atoms with E-state index < -0.39 is 17.8 Å². The molecule has 0 fully saturated rings. The fourth-order valence-electron chi connectivity index (χ4n) is 2.79. The summed E-state index contributed by atoms with van der Waals surface area (Å²) >= 11 is 0. The monoisotopic (exact) mass is 395 g/mol. The topological polar surface area (TPSA) is 56.8 Å². The first-order chi connectivity index (χ1) is 13.3. The van der Waals surface area contributed by atoms with E-state index in [1.54, 1.807) is 25.1 Å². The van der Waals surface area contributed by atoms with Crippen LogP contribution in [0.3, 0.4) is 0 Å². The largest absolute Gasteiger partial charge is 0.491 e. The van der Waals surface area contributed by atoms with E-state index >= 15 is 0 Å². The molecule has 1 N–H and O–H groups in total. The third-order valence-electron chi connectivity index (χ3n) is 4.06. The zero-order valence-corrected chi connectivity index (χ0v) is 15.2. The van der Waals surface area contributed by atoms with Crippen LogP contribution in [0.5, 0.6) is 17.2 Å². The van der Waals surface area contributed by atoms with Crippen LogP contribution in [0.15, 0.2) is 42.5 Å². The first-order valence-corrected chi connectivity index (χ1v) is 8.80. The van der Waals surface area contributed by atoms with Gasteiger partial charge in [0.25, 0.3) is 0 Å². The molecule has 28 heavy (non-hydrogen) atoms. The summed E-state index contributed by atoms with van der Waals surface area (Å²) in [6.07, 6.45) is -4.39. The Morgan fingerprint density at radius 3 is 2.61 bits per heavy atom. The van der Waals surface area contributed by atoms with Crippen molar-refractivity contribution in [3.05, 3.63) is 53.6 Å². The molecule has 1 aliphatic rings. The molecule has 0 bridgehead atoms. The molecule has 1 atom stereocenters. The van der Waals surface area contributed by atoms with Crippen LogP contribution >= 0.6 is 0 Å². The summed E-state index contributed by atoms with van der Waals surface area (Å²) < 4.78 is 55.1. The number of amides is 1. The van der Waals surface area contributed by atoms with Crippen LogP contribution in [-0.4, -0.2) is 31.8 Å². The van der Waals surface area contributed by atoms with Gasteiger partial charge in [-0.1, -0.05) is 18.2 Å². The molecule has 150 valence electrons. The number of fused-ring (bicyclic) bond motifs is 1. The van der Waals surface area contributed by atoms with E-state index in [1.807, 2.05) is 0 Å². The number of ether oxygens (including phenoxy) is 3. The van der Waals surface area contributed by atoms with E-state index in [9.17, 15) is 18.0 Å². The van der Waals surface area contributed by atoms with Gasteiger partial charge in [-0.3, -0.25) is 4.79 Å². The molecule has 0 aliphatic carbocycles. The Hall–Kier alpha value is -2.90. The number of nitrogens with one attached hydrogen (secondary N) is 1. The number of para-hydroxylation sites is 1. The maximum absolute atomic E-state index is 13.0. The summed E-state index contributed by atoms with van der Waals surface area (Å²) in [5.41, 5.74) is -0.0953. The Balaban J connectivity index is 1.53. The number of benzene rings is 2. The van der Waals surface area contributed by atoms with Crippen LogP contribution in [0, 0.1) is 0 Å². The number of halogens is 3. The molecular weight excluding hydrogens is 375 g/mol. The van der Waals surface area contributed by atoms with Gasteiger partial charge < -0.3 is 19.5 Å². The summed E-state index contributed by atoms with van der Waals surface area (Å²) in [6, 6.07) is 9.78. The van der Waals surface area contributed by atoms with Crippen molar-refractivity contribution in [1.82, 2.24) is 5.32 Å². The van der Waals surface area contributed by atoms with Crippen LogP contribution in [0.4, 0.5) is 13.2 Å². The fourth-order valence-corrected chi connectivity index (χ4v) is 2.79. The van der Waals surface area contributed by atoms with E-state index in [-0.39, 0.29) is 24.7 Å². The third kappa shape index (κ3) is 5.09. The normalized spacial score (nSPS) is 14.3. The fraction of sp³-hybridized carbons (Fsp3) is 0.350. The minimum absolute atomic E-state index is 0.0834. The smallest absolute Gasteiger partial charge is 0.419 e. The summed E-state index contributed by atoms with van der Waals surface area (Å²) in [5.74, 6) is 0.706. The summed E-state index contributed by atoms with van der Waals surface area (Å²) in [4.78, 5) is 12.2. The van der Waals surface area contributed by atoms with Crippen molar-refractivity contribution in [3.8, 4) is 17.2 Å². The lowest BCUT2D eigenvalue weighted by Crippen LogP contribution is -2.37. The molecular formula is C20H20F3NO4. The van der Waals surface area contributed by atoms with Gasteiger partial charge >= 0.3 is 6.18 Å². The van der Waals surface area contributed by atoms with E-state index in [4.69, 9.17) is 14.2 Å². The average molecular weight is 395 g/mol. The number of rotatable bonds is 6. The molecule has 1 unspecified atom stereocenters. The maximum Gasteiger partial charge on any atom is 0.419 e. The van der Waals surface area contributed by atoms with Crippen molar-refractivity contribution in [2.24, 2.45) is 0 Å². The Bertz CT molecular complexity index is 838. The molecule has 0 radical (unpaired) electrons. The Morgan fingerprint density at radius 1 is 1.14 bits per heavy atom. The first-order valence-electron chi connectivity index (χ1n) is 8.80. The van der Waals surface area contributed by atoms with Gasteiger partial charge in [-0.15, -0.1) is 0 Å². The van der Waals surface area contributed by atoms with Crippen molar-refractivity contribution in [2.75, 3.05) is 19.8 Å². The highest BCUT2D eigenvalue weighted by atomic mass is 19.4. The van der Waals surface area contributed by atoms with Crippen molar-refractivity contribution >= 4 is 5.91 Å². The molecule has 0 aromatic heterocycles. The standard InChI is InChI=1S/C20H20F3NO4/c1-13(12-28-16-5-3-2-4-15(16)20(21,22)23)24-19(25)11-14-6-7-17-18(10-14)27-9-8-26-17/h2-7,10,13H,8-9,11-12H2,1H3,(H,24,25). The van der Waals surface area contributed by atoms with Gasteiger partial charge in [-0.2, -0.15) is 13.2 Å². The van der Waals surface area contributed by atoms with E-state index in [1.165, 1.54) is 18.2 Å². The second kappa shape index (κ2) is 8.41. The predicted octanol–water partition coefficient (Wildman–Crippen LogP) is 3.60. The predicted molar refractivity (Wildman–Crippen MR) is 95.7 cm³/mol. The molecule has 3 rings (SSSR count). The Morgan fingerprint density at radius 2 is 1.86 bits per heavy atom. The Kier molecular flexibility index (Phi) is 5.96. The molecule has 8 heteroatoms. The van der Waals surface area contributed by atoms with Crippen LogP contribution in [0.25, 0.3) is 0 Å². The third-order valence-corrected chi connectivity index (χ3v) is 4.06. The zero-order chi connectivity index (χ0) is 20.1. The molecule has 0 saturated heterocycles. The molecule has 5 nitrogen and oxygen atoms in total. The van der Waals surface area contributed by atoms with E-state index in [2.05, 4.69) is 5.32 Å². The van der Waals surface area contributed by atoms with Gasteiger partial charge in [-0.05, 0) is 36.8 Å². The molecule has 1 heterocycles. The van der Waals surface area contributed by atoms with Crippen LogP contribution in [0.2, 0.25) is 0 Å². The quantitative estimate of drug-likeness (QED) is 0.812. The van der Waals surface area contributed by atoms with Gasteiger partial charge in [0.2, 0.25) is 5.91 Å². The lowest BCUT2D eigenvalue weighted by molar-refractivity contribution is -0.139. The number of carbonyl (C=O) groups excluding carboxylic acids is 1. The highest BCUT2D eigenvalue weighted by molar-refractivity contribution is 5.79. The van der Waals surface area contributed by atoms with Gasteiger partial charge in [0.05, 0.1) is 18.0 Å². The second-order valence-corrected chi connectivity index (χ2v) is 6.43. The molecule has 2 aromatic carbocycles. The Labute approximate surface area is 160 Å². The van der Waals surface area contributed by atoms with Gasteiger partial charge in [-0.25, -0.2) is 0 Å². The van der Waals surface area contributed by atoms with Crippen LogP contribution in [0.1, 0.15) is 18.1 Å². The minimum atomic E-state index is -4.50. The van der Waals surface area contributed by atoms with Gasteiger partial charge in [0.15, 0.2) is 11.5 Å². The molecule has 1 aliphatic heterocycles. The molecule has 0 saturated carbocycles. The lowest BCUT2D eigenvalue weighted by Gasteiger charge is -2.19. The van der Waals surface area contributed by atoms with Crippen LogP contribution < -0.4 is 19.5 Å². The number of hydrogen-bond acceptors (Lipinski definition) is 4. The SMILES string of the molecule is CC(COc1ccccc1C(F)(F)F)NC(=O)Cc1ccc2c(c1)OCCO2. The van der Waals surface area contributed by atoms with Crippen molar-refractivity contribution in [1.29, 1.82) is 0 Å². The lowest BCUT2D eigenvalue weighted by atomic mass is 10.1.